The van der Waals surface area contributed by atoms with Crippen LogP contribution in [0.25, 0.3) is 17.0 Å². The Morgan fingerprint density at radius 3 is 2.73 bits per heavy atom. The molecule has 1 aliphatic heterocycles. The third-order valence-corrected chi connectivity index (χ3v) is 4.44. The average Bonchev–Trinajstić information content (AvgIpc) is 2.93. The molecule has 1 aliphatic rings. The first kappa shape index (κ1) is 13.4. The molecule has 1 aromatic heterocycles. The summed E-state index contributed by atoms with van der Waals surface area (Å²) in [5, 5.41) is 1.40. The van der Waals surface area contributed by atoms with Gasteiger partial charge in [0.05, 0.1) is 0 Å². The van der Waals surface area contributed by atoms with Gasteiger partial charge in [-0.1, -0.05) is 60.7 Å². The molecule has 22 heavy (non-hydrogen) atoms. The minimum absolute atomic E-state index is 1.00. The molecule has 1 N–H and O–H groups in total. The van der Waals surface area contributed by atoms with Crippen LogP contribution < -0.4 is 0 Å². The maximum atomic E-state index is 3.59. The van der Waals surface area contributed by atoms with Crippen LogP contribution in [0.3, 0.4) is 0 Å². The van der Waals surface area contributed by atoms with Crippen molar-refractivity contribution in [2.24, 2.45) is 0 Å². The van der Waals surface area contributed by atoms with Crippen molar-refractivity contribution in [3.8, 4) is 0 Å². The summed E-state index contributed by atoms with van der Waals surface area (Å²) in [4.78, 5) is 6.09. The van der Waals surface area contributed by atoms with Gasteiger partial charge in [0.2, 0.25) is 0 Å². The summed E-state index contributed by atoms with van der Waals surface area (Å²) >= 11 is 0. The second-order valence-electron chi connectivity index (χ2n) is 5.93. The number of benzene rings is 2. The first-order valence-corrected chi connectivity index (χ1v) is 7.92. The van der Waals surface area contributed by atoms with Crippen LogP contribution in [0, 0.1) is 0 Å². The fraction of sp³-hybridized carbons (Fsp3) is 0.200. The Hall–Kier alpha value is -2.32. The highest BCUT2D eigenvalue weighted by Gasteiger charge is 2.19. The van der Waals surface area contributed by atoms with E-state index in [1.807, 2.05) is 0 Å². The van der Waals surface area contributed by atoms with Gasteiger partial charge in [-0.3, -0.25) is 4.90 Å². The lowest BCUT2D eigenvalue weighted by atomic mass is 10.0. The van der Waals surface area contributed by atoms with Gasteiger partial charge in [-0.05, 0) is 23.6 Å². The molecule has 0 bridgehead atoms. The van der Waals surface area contributed by atoms with Crippen LogP contribution in [-0.4, -0.2) is 23.0 Å². The predicted molar refractivity (Wildman–Crippen MR) is 92.8 cm³/mol. The minimum Gasteiger partial charge on any atom is -0.357 e. The van der Waals surface area contributed by atoms with Crippen LogP contribution in [0.5, 0.6) is 0 Å². The van der Waals surface area contributed by atoms with Crippen molar-refractivity contribution in [1.82, 2.24) is 9.88 Å². The zero-order valence-electron chi connectivity index (χ0n) is 12.6. The summed E-state index contributed by atoms with van der Waals surface area (Å²) in [6.07, 6.45) is 5.61. The molecular weight excluding hydrogens is 268 g/mol. The van der Waals surface area contributed by atoms with Crippen LogP contribution in [0.4, 0.5) is 0 Å². The summed E-state index contributed by atoms with van der Waals surface area (Å²) in [6.45, 7) is 3.15. The normalized spacial score (nSPS) is 15.5. The van der Waals surface area contributed by atoms with Crippen molar-refractivity contribution in [2.75, 3.05) is 13.1 Å². The van der Waals surface area contributed by atoms with Crippen molar-refractivity contribution in [2.45, 2.75) is 13.0 Å². The Balaban J connectivity index is 1.47. The SMILES string of the molecule is C(=C\c1ccccc1)/CN1CCc2c([nH]c3ccccc23)C1. The largest absolute Gasteiger partial charge is 0.357 e. The van der Waals surface area contributed by atoms with E-state index in [2.05, 4.69) is 76.6 Å². The highest BCUT2D eigenvalue weighted by molar-refractivity contribution is 5.84. The molecule has 0 saturated carbocycles. The third-order valence-electron chi connectivity index (χ3n) is 4.44. The molecule has 0 amide bonds. The first-order chi connectivity index (χ1) is 10.9. The molecule has 0 fully saturated rings. The number of H-pyrrole nitrogens is 1. The lowest BCUT2D eigenvalue weighted by Crippen LogP contribution is -2.30. The van der Waals surface area contributed by atoms with Crippen molar-refractivity contribution in [1.29, 1.82) is 0 Å². The first-order valence-electron chi connectivity index (χ1n) is 7.92. The molecule has 4 rings (SSSR count). The van der Waals surface area contributed by atoms with E-state index >= 15 is 0 Å². The number of hydrogen-bond acceptors (Lipinski definition) is 1. The lowest BCUT2D eigenvalue weighted by Gasteiger charge is -2.25. The third kappa shape index (κ3) is 2.58. The zero-order valence-corrected chi connectivity index (χ0v) is 12.6. The van der Waals surface area contributed by atoms with E-state index in [0.29, 0.717) is 0 Å². The van der Waals surface area contributed by atoms with Crippen molar-refractivity contribution < 1.29 is 0 Å². The smallest absolute Gasteiger partial charge is 0.0459 e. The number of aromatic nitrogens is 1. The number of para-hydroxylation sites is 1. The molecule has 2 heteroatoms. The van der Waals surface area contributed by atoms with Gasteiger partial charge in [-0.25, -0.2) is 0 Å². The molecule has 110 valence electrons. The van der Waals surface area contributed by atoms with Crippen molar-refractivity contribution in [3.05, 3.63) is 77.5 Å². The van der Waals surface area contributed by atoms with Gasteiger partial charge < -0.3 is 4.98 Å². The Morgan fingerprint density at radius 2 is 1.82 bits per heavy atom. The second-order valence-corrected chi connectivity index (χ2v) is 5.93. The van der Waals surface area contributed by atoms with Crippen LogP contribution in [-0.2, 0) is 13.0 Å². The molecule has 0 spiro atoms. The van der Waals surface area contributed by atoms with E-state index < -0.39 is 0 Å². The van der Waals surface area contributed by atoms with Crippen LogP contribution in [0.2, 0.25) is 0 Å². The van der Waals surface area contributed by atoms with E-state index in [1.165, 1.54) is 27.7 Å². The fourth-order valence-electron chi connectivity index (χ4n) is 3.31. The number of fused-ring (bicyclic) bond motifs is 3. The molecule has 0 unspecified atom stereocenters. The summed E-state index contributed by atoms with van der Waals surface area (Å²) in [5.41, 5.74) is 5.44. The highest BCUT2D eigenvalue weighted by atomic mass is 15.1. The number of nitrogens with zero attached hydrogens (tertiary/aromatic N) is 1. The van der Waals surface area contributed by atoms with Crippen LogP contribution in [0.1, 0.15) is 16.8 Å². The summed E-state index contributed by atoms with van der Waals surface area (Å²) < 4.78 is 0. The van der Waals surface area contributed by atoms with E-state index in [4.69, 9.17) is 0 Å². The Kier molecular flexibility index (Phi) is 3.53. The summed E-state index contributed by atoms with van der Waals surface area (Å²) in [6, 6.07) is 19.1. The summed E-state index contributed by atoms with van der Waals surface area (Å²) in [5.74, 6) is 0. The van der Waals surface area contributed by atoms with Gasteiger partial charge in [-0.15, -0.1) is 0 Å². The van der Waals surface area contributed by atoms with Gasteiger partial charge in [0, 0.05) is 36.2 Å². The molecule has 2 nitrogen and oxygen atoms in total. The van der Waals surface area contributed by atoms with Crippen molar-refractivity contribution >= 4 is 17.0 Å². The van der Waals surface area contributed by atoms with Gasteiger partial charge in [0.25, 0.3) is 0 Å². The molecular formula is C20H20N2. The molecule has 0 atom stereocenters. The van der Waals surface area contributed by atoms with Crippen molar-refractivity contribution in [3.63, 3.8) is 0 Å². The monoisotopic (exact) mass is 288 g/mol. The Morgan fingerprint density at radius 1 is 1.00 bits per heavy atom. The maximum Gasteiger partial charge on any atom is 0.0459 e. The second kappa shape index (κ2) is 5.82. The number of nitrogens with one attached hydrogen (secondary N) is 1. The topological polar surface area (TPSA) is 19.0 Å². The fourth-order valence-corrected chi connectivity index (χ4v) is 3.31. The minimum atomic E-state index is 1.00. The lowest BCUT2D eigenvalue weighted by molar-refractivity contribution is 0.280. The number of rotatable bonds is 3. The molecule has 0 aliphatic carbocycles. The van der Waals surface area contributed by atoms with Crippen LogP contribution in [0.15, 0.2) is 60.7 Å². The van der Waals surface area contributed by atoms with Gasteiger partial charge in [0.1, 0.15) is 0 Å². The molecule has 0 radical (unpaired) electrons. The Bertz CT molecular complexity index is 799. The molecule has 2 heterocycles. The highest BCUT2D eigenvalue weighted by Crippen LogP contribution is 2.27. The zero-order chi connectivity index (χ0) is 14.8. The Labute approximate surface area is 131 Å². The van der Waals surface area contributed by atoms with Crippen LogP contribution >= 0.6 is 0 Å². The maximum absolute atomic E-state index is 3.59. The van der Waals surface area contributed by atoms with E-state index in [-0.39, 0.29) is 0 Å². The van der Waals surface area contributed by atoms with E-state index in [0.717, 1.165) is 26.1 Å². The standard InChI is InChI=1S/C20H20N2/c1-2-7-16(8-3-1)9-6-13-22-14-12-18-17-10-4-5-11-19(17)21-20(18)15-22/h1-11,21H,12-15H2/b9-6+. The van der Waals surface area contributed by atoms with E-state index in [1.54, 1.807) is 0 Å². The average molecular weight is 288 g/mol. The van der Waals surface area contributed by atoms with Gasteiger partial charge in [0.15, 0.2) is 0 Å². The predicted octanol–water partition coefficient (Wildman–Crippen LogP) is 4.24. The number of aromatic amines is 1. The summed E-state index contributed by atoms with van der Waals surface area (Å²) in [7, 11) is 0. The number of hydrogen-bond donors (Lipinski definition) is 1. The molecule has 0 saturated heterocycles. The van der Waals surface area contributed by atoms with E-state index in [9.17, 15) is 0 Å². The molecule has 3 aromatic rings. The molecule has 2 aromatic carbocycles. The van der Waals surface area contributed by atoms with Gasteiger partial charge in [-0.2, -0.15) is 0 Å². The van der Waals surface area contributed by atoms with Gasteiger partial charge >= 0.3 is 0 Å². The quantitative estimate of drug-likeness (QED) is 0.764.